The lowest BCUT2D eigenvalue weighted by atomic mass is 10.1. The summed E-state index contributed by atoms with van der Waals surface area (Å²) in [7, 11) is 0. The average molecular weight is 366 g/mol. The predicted octanol–water partition coefficient (Wildman–Crippen LogP) is 3.93. The lowest BCUT2D eigenvalue weighted by Gasteiger charge is -2.14. The number of halogens is 3. The molecule has 26 heavy (non-hydrogen) atoms. The van der Waals surface area contributed by atoms with E-state index in [9.17, 15) is 22.8 Å². The molecule has 0 aliphatic heterocycles. The Morgan fingerprint density at radius 2 is 1.69 bits per heavy atom. The molecular weight excluding hydrogens is 349 g/mol. The van der Waals surface area contributed by atoms with Gasteiger partial charge in [-0.1, -0.05) is 12.1 Å². The molecule has 0 fully saturated rings. The van der Waals surface area contributed by atoms with Crippen molar-refractivity contribution in [2.75, 3.05) is 23.8 Å². The second-order valence-corrected chi connectivity index (χ2v) is 5.24. The molecule has 0 saturated heterocycles. The minimum atomic E-state index is -4.56. The van der Waals surface area contributed by atoms with Gasteiger partial charge in [-0.3, -0.25) is 4.79 Å². The van der Waals surface area contributed by atoms with E-state index in [1.54, 1.807) is 19.1 Å². The summed E-state index contributed by atoms with van der Waals surface area (Å²) in [6, 6.07) is 10.9. The largest absolute Gasteiger partial charge is 0.462 e. The first-order valence-electron chi connectivity index (χ1n) is 7.78. The van der Waals surface area contributed by atoms with Crippen molar-refractivity contribution in [3.8, 4) is 0 Å². The number of alkyl halides is 3. The van der Waals surface area contributed by atoms with Crippen LogP contribution in [0.5, 0.6) is 0 Å². The fourth-order valence-electron chi connectivity index (χ4n) is 2.15. The Labute approximate surface area is 148 Å². The quantitative estimate of drug-likeness (QED) is 0.760. The van der Waals surface area contributed by atoms with Gasteiger partial charge in [0.25, 0.3) is 0 Å². The zero-order valence-corrected chi connectivity index (χ0v) is 13.9. The van der Waals surface area contributed by atoms with Crippen molar-refractivity contribution >= 4 is 23.3 Å². The molecule has 2 N–H and O–H groups in total. The Balaban J connectivity index is 1.95. The molecule has 0 atom stereocenters. The van der Waals surface area contributed by atoms with E-state index in [-0.39, 0.29) is 18.8 Å². The molecule has 0 aliphatic rings. The SMILES string of the molecule is CCOC(=O)c1ccc(NCC(=O)Nc2ccccc2C(F)(F)F)cc1. The maximum atomic E-state index is 12.9. The second kappa shape index (κ2) is 8.37. The smallest absolute Gasteiger partial charge is 0.418 e. The second-order valence-electron chi connectivity index (χ2n) is 5.24. The van der Waals surface area contributed by atoms with Crippen LogP contribution in [0.2, 0.25) is 0 Å². The summed E-state index contributed by atoms with van der Waals surface area (Å²) in [5.74, 6) is -1.09. The molecule has 138 valence electrons. The van der Waals surface area contributed by atoms with Gasteiger partial charge < -0.3 is 15.4 Å². The van der Waals surface area contributed by atoms with Crippen molar-refractivity contribution in [1.82, 2.24) is 0 Å². The first-order valence-corrected chi connectivity index (χ1v) is 7.78. The van der Waals surface area contributed by atoms with Crippen LogP contribution in [0.3, 0.4) is 0 Å². The van der Waals surface area contributed by atoms with Gasteiger partial charge in [-0.2, -0.15) is 13.2 Å². The van der Waals surface area contributed by atoms with Gasteiger partial charge in [-0.05, 0) is 43.3 Å². The van der Waals surface area contributed by atoms with Crippen LogP contribution >= 0.6 is 0 Å². The minimum absolute atomic E-state index is 0.231. The minimum Gasteiger partial charge on any atom is -0.462 e. The third-order valence-corrected chi connectivity index (χ3v) is 3.36. The molecule has 0 aromatic heterocycles. The third kappa shape index (κ3) is 5.23. The number of nitrogens with one attached hydrogen (secondary N) is 2. The van der Waals surface area contributed by atoms with Crippen LogP contribution in [0.15, 0.2) is 48.5 Å². The molecular formula is C18H17F3N2O3. The first-order chi connectivity index (χ1) is 12.3. The summed E-state index contributed by atoms with van der Waals surface area (Å²) in [4.78, 5) is 23.4. The summed E-state index contributed by atoms with van der Waals surface area (Å²) >= 11 is 0. The molecule has 2 aromatic rings. The van der Waals surface area contributed by atoms with Gasteiger partial charge in [0.15, 0.2) is 0 Å². The maximum Gasteiger partial charge on any atom is 0.418 e. The first kappa shape index (κ1) is 19.3. The number of benzene rings is 2. The van der Waals surface area contributed by atoms with Crippen LogP contribution in [0.25, 0.3) is 0 Å². The van der Waals surface area contributed by atoms with Crippen molar-refractivity contribution in [3.05, 3.63) is 59.7 Å². The Hall–Kier alpha value is -3.03. The van der Waals surface area contributed by atoms with Gasteiger partial charge in [0.1, 0.15) is 0 Å². The van der Waals surface area contributed by atoms with E-state index in [1.165, 1.54) is 30.3 Å². The number of esters is 1. The van der Waals surface area contributed by atoms with Gasteiger partial charge in [-0.15, -0.1) is 0 Å². The van der Waals surface area contributed by atoms with E-state index in [0.29, 0.717) is 11.3 Å². The summed E-state index contributed by atoms with van der Waals surface area (Å²) < 4.78 is 43.6. The van der Waals surface area contributed by atoms with Crippen molar-refractivity contribution in [1.29, 1.82) is 0 Å². The number of amides is 1. The number of carbonyl (C=O) groups excluding carboxylic acids is 2. The maximum absolute atomic E-state index is 12.9. The summed E-state index contributed by atoms with van der Waals surface area (Å²) in [6.45, 7) is 1.73. The van der Waals surface area contributed by atoms with Crippen LogP contribution in [-0.4, -0.2) is 25.0 Å². The average Bonchev–Trinajstić information content (AvgIpc) is 2.60. The number of ether oxygens (including phenoxy) is 1. The zero-order valence-electron chi connectivity index (χ0n) is 13.9. The lowest BCUT2D eigenvalue weighted by molar-refractivity contribution is -0.137. The molecule has 2 rings (SSSR count). The fourth-order valence-corrected chi connectivity index (χ4v) is 2.15. The summed E-state index contributed by atoms with van der Waals surface area (Å²) in [5, 5.41) is 5.01. The van der Waals surface area contributed by atoms with E-state index >= 15 is 0 Å². The number of para-hydroxylation sites is 1. The van der Waals surface area contributed by atoms with Gasteiger partial charge in [0.2, 0.25) is 5.91 Å². The van der Waals surface area contributed by atoms with E-state index in [1.807, 2.05) is 0 Å². The van der Waals surface area contributed by atoms with Gasteiger partial charge in [0.05, 0.1) is 30.0 Å². The van der Waals surface area contributed by atoms with Crippen molar-refractivity contribution < 1.29 is 27.5 Å². The van der Waals surface area contributed by atoms with Crippen LogP contribution in [0.1, 0.15) is 22.8 Å². The Bertz CT molecular complexity index is 774. The molecule has 8 heteroatoms. The zero-order chi connectivity index (χ0) is 19.2. The fraction of sp³-hybridized carbons (Fsp3) is 0.222. The highest BCUT2D eigenvalue weighted by atomic mass is 19.4. The monoisotopic (exact) mass is 366 g/mol. The van der Waals surface area contributed by atoms with Crippen LogP contribution in [0, 0.1) is 0 Å². The predicted molar refractivity (Wildman–Crippen MR) is 91.0 cm³/mol. The summed E-state index contributed by atoms with van der Waals surface area (Å²) in [6.07, 6.45) is -4.56. The van der Waals surface area contributed by atoms with Crippen molar-refractivity contribution in [3.63, 3.8) is 0 Å². The highest BCUT2D eigenvalue weighted by Gasteiger charge is 2.33. The standard InChI is InChI=1S/C18H17F3N2O3/c1-2-26-17(25)12-7-9-13(10-8-12)22-11-16(24)23-15-6-4-3-5-14(15)18(19,20)21/h3-10,22H,2,11H2,1H3,(H,23,24). The van der Waals surface area contributed by atoms with Crippen LogP contribution in [0.4, 0.5) is 24.5 Å². The molecule has 0 radical (unpaired) electrons. The van der Waals surface area contributed by atoms with Gasteiger partial charge in [-0.25, -0.2) is 4.79 Å². The number of carbonyl (C=O) groups is 2. The Morgan fingerprint density at radius 3 is 2.31 bits per heavy atom. The highest BCUT2D eigenvalue weighted by Crippen LogP contribution is 2.34. The number of hydrogen-bond acceptors (Lipinski definition) is 4. The molecule has 0 bridgehead atoms. The third-order valence-electron chi connectivity index (χ3n) is 3.36. The number of hydrogen-bond donors (Lipinski definition) is 2. The van der Waals surface area contributed by atoms with E-state index in [4.69, 9.17) is 4.74 Å². The number of anilines is 2. The highest BCUT2D eigenvalue weighted by molar-refractivity contribution is 5.94. The van der Waals surface area contributed by atoms with E-state index in [2.05, 4.69) is 10.6 Å². The number of rotatable bonds is 6. The Kier molecular flexibility index (Phi) is 6.21. The van der Waals surface area contributed by atoms with Crippen LogP contribution in [-0.2, 0) is 15.7 Å². The van der Waals surface area contributed by atoms with Crippen LogP contribution < -0.4 is 10.6 Å². The molecule has 5 nitrogen and oxygen atoms in total. The molecule has 0 aliphatic carbocycles. The molecule has 1 amide bonds. The Morgan fingerprint density at radius 1 is 1.04 bits per heavy atom. The molecule has 0 unspecified atom stereocenters. The molecule has 0 spiro atoms. The molecule has 2 aromatic carbocycles. The van der Waals surface area contributed by atoms with Crippen molar-refractivity contribution in [2.24, 2.45) is 0 Å². The van der Waals surface area contributed by atoms with E-state index < -0.39 is 23.6 Å². The normalized spacial score (nSPS) is 10.9. The van der Waals surface area contributed by atoms with E-state index in [0.717, 1.165) is 6.07 Å². The lowest BCUT2D eigenvalue weighted by Crippen LogP contribution is -2.23. The van der Waals surface area contributed by atoms with Crippen molar-refractivity contribution in [2.45, 2.75) is 13.1 Å². The molecule has 0 saturated carbocycles. The van der Waals surface area contributed by atoms with Gasteiger partial charge >= 0.3 is 12.1 Å². The topological polar surface area (TPSA) is 67.4 Å². The summed E-state index contributed by atoms with van der Waals surface area (Å²) in [5.41, 5.74) is -0.310. The molecule has 0 heterocycles. The van der Waals surface area contributed by atoms with Gasteiger partial charge in [0, 0.05) is 5.69 Å².